The molecule has 0 aliphatic rings. The summed E-state index contributed by atoms with van der Waals surface area (Å²) in [6, 6.07) is -1.27. The maximum Gasteiger partial charge on any atom is 0.305 e. The molecule has 36 heavy (non-hydrogen) atoms. The van der Waals surface area contributed by atoms with Crippen molar-refractivity contribution in [3.05, 3.63) is 0 Å². The summed E-state index contributed by atoms with van der Waals surface area (Å²) in [5, 5.41) is 5.19. The lowest BCUT2D eigenvalue weighted by molar-refractivity contribution is -0.241. The van der Waals surface area contributed by atoms with Crippen LogP contribution in [0.25, 0.3) is 0 Å². The lowest BCUT2D eigenvalue weighted by Gasteiger charge is -2.33. The molecule has 0 radical (unpaired) electrons. The second kappa shape index (κ2) is 19.4. The van der Waals surface area contributed by atoms with Crippen molar-refractivity contribution in [2.24, 2.45) is 5.73 Å². The van der Waals surface area contributed by atoms with Crippen LogP contribution in [0.15, 0.2) is 0 Å². The fourth-order valence-corrected chi connectivity index (χ4v) is 2.67. The maximum atomic E-state index is 11.9. The van der Waals surface area contributed by atoms with E-state index in [-0.39, 0.29) is 38.9 Å². The van der Waals surface area contributed by atoms with Crippen LogP contribution in [-0.4, -0.2) is 94.0 Å². The van der Waals surface area contributed by atoms with E-state index in [4.69, 9.17) is 34.2 Å². The van der Waals surface area contributed by atoms with Crippen molar-refractivity contribution in [2.45, 2.75) is 72.2 Å². The van der Waals surface area contributed by atoms with E-state index >= 15 is 0 Å². The standard InChI is InChI=1S/C22H39N3O11/c1-14(13-33-16(3)27)34-21(32-12-11-31-10-9-24-19(30)7-6-8-23)20(25-15(2)26)22(35-17(4)28)36-18(5)29/h14,20-22H,6-13,23H2,1-5H3,(H,24,30)(H,25,26). The van der Waals surface area contributed by atoms with E-state index in [0.29, 0.717) is 19.4 Å². The molecule has 0 saturated heterocycles. The molecule has 0 aliphatic heterocycles. The molecule has 208 valence electrons. The Bertz CT molecular complexity index is 689. The average Bonchev–Trinajstić information content (AvgIpc) is 2.77. The predicted octanol–water partition coefficient (Wildman–Crippen LogP) is -0.874. The van der Waals surface area contributed by atoms with Crippen LogP contribution < -0.4 is 16.4 Å². The molecule has 14 heteroatoms. The van der Waals surface area contributed by atoms with Gasteiger partial charge in [-0.05, 0) is 19.9 Å². The number of carbonyl (C=O) groups excluding carboxylic acids is 5. The molecule has 0 bridgehead atoms. The molecule has 0 aliphatic carbocycles. The number of esters is 3. The van der Waals surface area contributed by atoms with Gasteiger partial charge in [-0.2, -0.15) is 0 Å². The minimum atomic E-state index is -1.57. The number of amides is 2. The number of hydrogen-bond acceptors (Lipinski definition) is 12. The average molecular weight is 522 g/mol. The van der Waals surface area contributed by atoms with Gasteiger partial charge in [0.15, 0.2) is 12.3 Å². The van der Waals surface area contributed by atoms with Gasteiger partial charge in [-0.25, -0.2) is 0 Å². The Kier molecular flexibility index (Phi) is 17.9. The van der Waals surface area contributed by atoms with E-state index in [1.165, 1.54) is 13.8 Å². The predicted molar refractivity (Wildman–Crippen MR) is 124 cm³/mol. The zero-order valence-electron chi connectivity index (χ0n) is 21.5. The highest BCUT2D eigenvalue weighted by Gasteiger charge is 2.38. The zero-order chi connectivity index (χ0) is 27.5. The van der Waals surface area contributed by atoms with Gasteiger partial charge in [-0.3, -0.25) is 24.0 Å². The van der Waals surface area contributed by atoms with Gasteiger partial charge in [-0.1, -0.05) is 0 Å². The monoisotopic (exact) mass is 521 g/mol. The van der Waals surface area contributed by atoms with Gasteiger partial charge in [0.1, 0.15) is 6.61 Å². The van der Waals surface area contributed by atoms with E-state index in [0.717, 1.165) is 13.8 Å². The summed E-state index contributed by atoms with van der Waals surface area (Å²) in [6.07, 6.45) is -2.66. The number of ether oxygens (including phenoxy) is 6. The number of rotatable bonds is 19. The Morgan fingerprint density at radius 3 is 2.03 bits per heavy atom. The minimum Gasteiger partial charge on any atom is -0.463 e. The van der Waals surface area contributed by atoms with Crippen molar-refractivity contribution in [3.63, 3.8) is 0 Å². The highest BCUT2D eigenvalue weighted by Crippen LogP contribution is 2.15. The first-order valence-electron chi connectivity index (χ1n) is 11.5. The summed E-state index contributed by atoms with van der Waals surface area (Å²) in [4.78, 5) is 57.7. The molecule has 0 aromatic carbocycles. The first kappa shape index (κ1) is 33.2. The van der Waals surface area contributed by atoms with Crippen LogP contribution in [-0.2, 0) is 52.4 Å². The second-order valence-electron chi connectivity index (χ2n) is 7.66. The van der Waals surface area contributed by atoms with Crippen LogP contribution in [0.2, 0.25) is 0 Å². The molecular formula is C22H39N3O11. The highest BCUT2D eigenvalue weighted by atomic mass is 16.7. The fraction of sp³-hybridized carbons (Fsp3) is 0.773. The molecule has 2 amide bonds. The Morgan fingerprint density at radius 2 is 1.50 bits per heavy atom. The summed E-state index contributed by atoms with van der Waals surface area (Å²) >= 11 is 0. The molecule has 0 heterocycles. The van der Waals surface area contributed by atoms with Gasteiger partial charge in [0.2, 0.25) is 11.8 Å². The minimum absolute atomic E-state index is 0.0466. The van der Waals surface area contributed by atoms with Gasteiger partial charge < -0.3 is 44.8 Å². The summed E-state index contributed by atoms with van der Waals surface area (Å²) in [5.74, 6) is -2.76. The number of nitrogens with one attached hydrogen (secondary N) is 2. The van der Waals surface area contributed by atoms with Crippen molar-refractivity contribution < 1.29 is 52.4 Å². The van der Waals surface area contributed by atoms with E-state index < -0.39 is 48.5 Å². The van der Waals surface area contributed by atoms with Crippen LogP contribution in [0.1, 0.15) is 47.5 Å². The highest BCUT2D eigenvalue weighted by molar-refractivity contribution is 5.75. The van der Waals surface area contributed by atoms with Crippen LogP contribution in [0.3, 0.4) is 0 Å². The number of carbonyl (C=O) groups is 5. The molecule has 0 fully saturated rings. The Morgan fingerprint density at radius 1 is 0.861 bits per heavy atom. The molecular weight excluding hydrogens is 482 g/mol. The van der Waals surface area contributed by atoms with Gasteiger partial charge in [-0.15, -0.1) is 0 Å². The Balaban J connectivity index is 5.23. The zero-order valence-corrected chi connectivity index (χ0v) is 21.5. The molecule has 0 rings (SSSR count). The van der Waals surface area contributed by atoms with E-state index in [2.05, 4.69) is 10.6 Å². The first-order valence-corrected chi connectivity index (χ1v) is 11.5. The molecule has 0 aromatic heterocycles. The smallest absolute Gasteiger partial charge is 0.305 e. The normalized spacial score (nSPS) is 13.3. The van der Waals surface area contributed by atoms with E-state index in [1.807, 2.05) is 0 Å². The van der Waals surface area contributed by atoms with Gasteiger partial charge in [0.05, 0.1) is 25.9 Å². The van der Waals surface area contributed by atoms with Crippen LogP contribution >= 0.6 is 0 Å². The van der Waals surface area contributed by atoms with Crippen molar-refractivity contribution in [3.8, 4) is 0 Å². The SMILES string of the molecule is CC(=O)NC(C(OC(C)=O)OC(C)=O)C(OCCOCCNC(=O)CCCN)OC(C)COC(C)=O. The number of nitrogens with two attached hydrogens (primary N) is 1. The van der Waals surface area contributed by atoms with Gasteiger partial charge in [0, 0.05) is 40.7 Å². The third kappa shape index (κ3) is 17.6. The summed E-state index contributed by atoms with van der Waals surface area (Å²) in [6.45, 7) is 7.06. The molecule has 14 nitrogen and oxygen atoms in total. The summed E-state index contributed by atoms with van der Waals surface area (Å²) in [5.41, 5.74) is 5.36. The van der Waals surface area contributed by atoms with Gasteiger partial charge in [0.25, 0.3) is 6.29 Å². The Labute approximate surface area is 210 Å². The van der Waals surface area contributed by atoms with Crippen molar-refractivity contribution in [1.29, 1.82) is 0 Å². The number of hydrogen-bond donors (Lipinski definition) is 3. The molecule has 0 saturated carbocycles. The third-order valence-corrected chi connectivity index (χ3v) is 4.09. The lowest BCUT2D eigenvalue weighted by Crippen LogP contribution is -2.55. The van der Waals surface area contributed by atoms with Crippen LogP contribution in [0.4, 0.5) is 0 Å². The molecule has 0 aromatic rings. The molecule has 4 N–H and O–H groups in total. The first-order chi connectivity index (χ1) is 17.0. The van der Waals surface area contributed by atoms with Gasteiger partial charge >= 0.3 is 17.9 Å². The largest absolute Gasteiger partial charge is 0.463 e. The maximum absolute atomic E-state index is 11.9. The topological polar surface area (TPSA) is 191 Å². The van der Waals surface area contributed by atoms with Crippen LogP contribution in [0, 0.1) is 0 Å². The molecule has 3 atom stereocenters. The second-order valence-corrected chi connectivity index (χ2v) is 7.66. The molecule has 0 spiro atoms. The van der Waals surface area contributed by atoms with E-state index in [9.17, 15) is 24.0 Å². The van der Waals surface area contributed by atoms with Crippen molar-refractivity contribution >= 4 is 29.7 Å². The third-order valence-electron chi connectivity index (χ3n) is 4.09. The quantitative estimate of drug-likeness (QED) is 0.108. The summed E-state index contributed by atoms with van der Waals surface area (Å²) < 4.78 is 32.0. The van der Waals surface area contributed by atoms with Crippen molar-refractivity contribution in [2.75, 3.05) is 39.5 Å². The summed E-state index contributed by atoms with van der Waals surface area (Å²) in [7, 11) is 0. The fourth-order valence-electron chi connectivity index (χ4n) is 2.67. The van der Waals surface area contributed by atoms with Crippen LogP contribution in [0.5, 0.6) is 0 Å². The van der Waals surface area contributed by atoms with Crippen molar-refractivity contribution in [1.82, 2.24) is 10.6 Å². The molecule has 3 unspecified atom stereocenters. The Hall–Kier alpha value is -2.81. The van der Waals surface area contributed by atoms with E-state index in [1.54, 1.807) is 6.92 Å². The lowest BCUT2D eigenvalue weighted by atomic mass is 10.2.